The minimum Gasteiger partial charge on any atom is -0.335 e. The summed E-state index contributed by atoms with van der Waals surface area (Å²) in [6, 6.07) is 7.97. The number of piperidine rings is 1. The van der Waals surface area contributed by atoms with Gasteiger partial charge in [-0.25, -0.2) is 4.79 Å². The van der Waals surface area contributed by atoms with Crippen molar-refractivity contribution in [1.82, 2.24) is 10.2 Å². The van der Waals surface area contributed by atoms with E-state index < -0.39 is 0 Å². The van der Waals surface area contributed by atoms with Gasteiger partial charge in [0.25, 0.3) is 0 Å². The predicted molar refractivity (Wildman–Crippen MR) is 81.8 cm³/mol. The summed E-state index contributed by atoms with van der Waals surface area (Å²) in [7, 11) is 2.11. The van der Waals surface area contributed by atoms with Gasteiger partial charge in [-0.3, -0.25) is 0 Å². The Kier molecular flexibility index (Phi) is 4.82. The Morgan fingerprint density at radius 2 is 1.89 bits per heavy atom. The third-order valence-corrected chi connectivity index (χ3v) is 3.88. The van der Waals surface area contributed by atoms with Crippen molar-refractivity contribution in [1.29, 1.82) is 0 Å². The van der Waals surface area contributed by atoms with Gasteiger partial charge < -0.3 is 15.5 Å². The highest BCUT2D eigenvalue weighted by molar-refractivity contribution is 14.1. The number of rotatable bonds is 2. The Balaban J connectivity index is 1.80. The van der Waals surface area contributed by atoms with Crippen LogP contribution in [0.5, 0.6) is 0 Å². The number of anilines is 1. The van der Waals surface area contributed by atoms with Crippen LogP contribution in [0.25, 0.3) is 0 Å². The molecular formula is C13H18IN3O. The molecular weight excluding hydrogens is 341 g/mol. The first-order chi connectivity index (χ1) is 8.63. The molecule has 1 aliphatic rings. The normalized spacial score (nSPS) is 17.4. The number of benzene rings is 1. The van der Waals surface area contributed by atoms with Crippen LogP contribution in [0.3, 0.4) is 0 Å². The molecule has 1 aliphatic heterocycles. The molecule has 2 rings (SSSR count). The summed E-state index contributed by atoms with van der Waals surface area (Å²) >= 11 is 2.24. The van der Waals surface area contributed by atoms with Crippen molar-refractivity contribution in [2.45, 2.75) is 18.9 Å². The van der Waals surface area contributed by atoms with Crippen molar-refractivity contribution in [2.75, 3.05) is 25.5 Å². The second kappa shape index (κ2) is 6.38. The maximum absolute atomic E-state index is 11.8. The summed E-state index contributed by atoms with van der Waals surface area (Å²) < 4.78 is 1.16. The fourth-order valence-corrected chi connectivity index (χ4v) is 2.40. The number of hydrogen-bond acceptors (Lipinski definition) is 2. The number of carbonyl (C=O) groups excluding carboxylic acids is 1. The van der Waals surface area contributed by atoms with E-state index in [1.165, 1.54) is 0 Å². The molecule has 1 aromatic carbocycles. The van der Waals surface area contributed by atoms with Crippen LogP contribution in [0.4, 0.5) is 10.5 Å². The van der Waals surface area contributed by atoms with Crippen LogP contribution in [-0.4, -0.2) is 37.1 Å². The van der Waals surface area contributed by atoms with Gasteiger partial charge in [0, 0.05) is 15.3 Å². The lowest BCUT2D eigenvalue weighted by Crippen LogP contribution is -2.44. The number of urea groups is 1. The SMILES string of the molecule is CN1CCC(NC(=O)Nc2ccc(I)cc2)CC1. The smallest absolute Gasteiger partial charge is 0.319 e. The van der Waals surface area contributed by atoms with E-state index in [0.29, 0.717) is 6.04 Å². The largest absolute Gasteiger partial charge is 0.335 e. The first-order valence-electron chi connectivity index (χ1n) is 6.15. The van der Waals surface area contributed by atoms with Crippen molar-refractivity contribution in [3.63, 3.8) is 0 Å². The van der Waals surface area contributed by atoms with E-state index in [1.807, 2.05) is 24.3 Å². The molecule has 1 saturated heterocycles. The molecule has 0 aromatic heterocycles. The van der Waals surface area contributed by atoms with E-state index in [-0.39, 0.29) is 6.03 Å². The lowest BCUT2D eigenvalue weighted by molar-refractivity contribution is 0.221. The number of likely N-dealkylation sites (tertiary alicyclic amines) is 1. The fraction of sp³-hybridized carbons (Fsp3) is 0.462. The number of nitrogens with one attached hydrogen (secondary N) is 2. The van der Waals surface area contributed by atoms with Gasteiger partial charge in [-0.2, -0.15) is 0 Å². The van der Waals surface area contributed by atoms with Crippen molar-refractivity contribution in [3.8, 4) is 0 Å². The first kappa shape index (κ1) is 13.6. The summed E-state index contributed by atoms with van der Waals surface area (Å²) in [4.78, 5) is 14.1. The Labute approximate surface area is 121 Å². The van der Waals surface area contributed by atoms with E-state index >= 15 is 0 Å². The second-order valence-electron chi connectivity index (χ2n) is 4.68. The van der Waals surface area contributed by atoms with E-state index in [1.54, 1.807) is 0 Å². The number of halogens is 1. The molecule has 4 nitrogen and oxygen atoms in total. The minimum atomic E-state index is -0.106. The van der Waals surface area contributed by atoms with Gasteiger partial charge in [-0.15, -0.1) is 0 Å². The first-order valence-corrected chi connectivity index (χ1v) is 7.23. The zero-order valence-corrected chi connectivity index (χ0v) is 12.6. The Hall–Kier alpha value is -0.820. The van der Waals surface area contributed by atoms with Crippen LogP contribution in [0, 0.1) is 3.57 Å². The van der Waals surface area contributed by atoms with Crippen molar-refractivity contribution < 1.29 is 4.79 Å². The molecule has 18 heavy (non-hydrogen) atoms. The van der Waals surface area contributed by atoms with E-state index in [9.17, 15) is 4.79 Å². The van der Waals surface area contributed by atoms with Crippen molar-refractivity contribution in [2.24, 2.45) is 0 Å². The number of amides is 2. The summed E-state index contributed by atoms with van der Waals surface area (Å²) in [5, 5.41) is 5.88. The van der Waals surface area contributed by atoms with Crippen molar-refractivity contribution >= 4 is 34.3 Å². The maximum Gasteiger partial charge on any atom is 0.319 e. The highest BCUT2D eigenvalue weighted by Gasteiger charge is 2.18. The van der Waals surface area contributed by atoms with Crippen molar-refractivity contribution in [3.05, 3.63) is 27.8 Å². The summed E-state index contributed by atoms with van der Waals surface area (Å²) in [6.07, 6.45) is 2.05. The maximum atomic E-state index is 11.8. The molecule has 98 valence electrons. The lowest BCUT2D eigenvalue weighted by atomic mass is 10.1. The van der Waals surface area contributed by atoms with E-state index in [2.05, 4.69) is 45.2 Å². The molecule has 0 spiro atoms. The lowest BCUT2D eigenvalue weighted by Gasteiger charge is -2.29. The van der Waals surface area contributed by atoms with Gasteiger partial charge >= 0.3 is 6.03 Å². The Morgan fingerprint density at radius 3 is 2.50 bits per heavy atom. The zero-order chi connectivity index (χ0) is 13.0. The molecule has 1 aromatic rings. The van der Waals surface area contributed by atoms with Gasteiger partial charge in [0.1, 0.15) is 0 Å². The third kappa shape index (κ3) is 4.13. The van der Waals surface area contributed by atoms with Gasteiger partial charge in [-0.05, 0) is 79.8 Å². The molecule has 5 heteroatoms. The highest BCUT2D eigenvalue weighted by atomic mass is 127. The van der Waals surface area contributed by atoms with Gasteiger partial charge in [0.15, 0.2) is 0 Å². The van der Waals surface area contributed by atoms with Crippen LogP contribution in [0.15, 0.2) is 24.3 Å². The van der Waals surface area contributed by atoms with Crippen LogP contribution in [0.1, 0.15) is 12.8 Å². The summed E-state index contributed by atoms with van der Waals surface area (Å²) in [5.74, 6) is 0. The monoisotopic (exact) mass is 359 g/mol. The number of carbonyl (C=O) groups is 1. The average molecular weight is 359 g/mol. The average Bonchev–Trinajstić information content (AvgIpc) is 2.35. The Morgan fingerprint density at radius 1 is 1.28 bits per heavy atom. The van der Waals surface area contributed by atoms with Gasteiger partial charge in [0.2, 0.25) is 0 Å². The van der Waals surface area contributed by atoms with Gasteiger partial charge in [-0.1, -0.05) is 0 Å². The van der Waals surface area contributed by atoms with Crippen LogP contribution in [0.2, 0.25) is 0 Å². The van der Waals surface area contributed by atoms with Crippen LogP contribution < -0.4 is 10.6 Å². The van der Waals surface area contributed by atoms with Crippen LogP contribution >= 0.6 is 22.6 Å². The molecule has 2 N–H and O–H groups in total. The molecule has 0 saturated carbocycles. The summed E-state index contributed by atoms with van der Waals surface area (Å²) in [6.45, 7) is 2.10. The molecule has 0 atom stereocenters. The predicted octanol–water partition coefficient (Wildman–Crippen LogP) is 2.51. The molecule has 1 fully saturated rings. The molecule has 2 amide bonds. The second-order valence-corrected chi connectivity index (χ2v) is 5.93. The molecule has 0 aliphatic carbocycles. The van der Waals surface area contributed by atoms with Crippen LogP contribution in [-0.2, 0) is 0 Å². The Bertz CT molecular complexity index is 399. The standard InChI is InChI=1S/C13H18IN3O/c1-17-8-6-12(7-9-17)16-13(18)15-11-4-2-10(14)3-5-11/h2-5,12H,6-9H2,1H3,(H2,15,16,18). The topological polar surface area (TPSA) is 44.4 Å². The third-order valence-electron chi connectivity index (χ3n) is 3.16. The quantitative estimate of drug-likeness (QED) is 0.797. The minimum absolute atomic E-state index is 0.106. The molecule has 0 radical (unpaired) electrons. The molecule has 0 unspecified atom stereocenters. The fourth-order valence-electron chi connectivity index (χ4n) is 2.04. The molecule has 1 heterocycles. The highest BCUT2D eigenvalue weighted by Crippen LogP contribution is 2.12. The number of nitrogens with zero attached hydrogens (tertiary/aromatic N) is 1. The van der Waals surface area contributed by atoms with Gasteiger partial charge in [0.05, 0.1) is 0 Å². The molecule has 0 bridgehead atoms. The summed E-state index contributed by atoms with van der Waals surface area (Å²) in [5.41, 5.74) is 0.834. The zero-order valence-electron chi connectivity index (χ0n) is 10.4. The van der Waals surface area contributed by atoms with E-state index in [4.69, 9.17) is 0 Å². The van der Waals surface area contributed by atoms with E-state index in [0.717, 1.165) is 35.2 Å². The number of hydrogen-bond donors (Lipinski definition) is 2.